The minimum absolute atomic E-state index is 0.131. The minimum atomic E-state index is -2.58. The quantitative estimate of drug-likeness (QED) is 0.233. The van der Waals surface area contributed by atoms with Crippen molar-refractivity contribution < 1.29 is 47.6 Å². The standard InChI is InChI=1S/C31H44F2O8/c1-7-24(35)39-30(40-25(36)8-2,41-26(37)9-3)17-29(38)18(4)14-20-21-15-22(32)19-12-10-11-13-27(19,5)31(21,33)23(34)16-28(20,29)6/h11-13,18,20-23,34,38H,7-10,14-17H2,1-6H3/t18?,20-,21-,22?,23?,27-,28-,29+,31-/m0/s1. The number of rotatable bonds is 8. The highest BCUT2D eigenvalue weighted by atomic mass is 19.1. The highest BCUT2D eigenvalue weighted by Crippen LogP contribution is 2.71. The van der Waals surface area contributed by atoms with E-state index in [1.807, 2.05) is 0 Å². The molecule has 4 rings (SSSR count). The summed E-state index contributed by atoms with van der Waals surface area (Å²) in [5.41, 5.74) is -6.33. The molecule has 0 saturated heterocycles. The van der Waals surface area contributed by atoms with Crippen molar-refractivity contribution in [3.05, 3.63) is 23.8 Å². The van der Waals surface area contributed by atoms with Gasteiger partial charge >= 0.3 is 23.9 Å². The molecule has 0 heterocycles. The van der Waals surface area contributed by atoms with Gasteiger partial charge in [-0.15, -0.1) is 0 Å². The maximum atomic E-state index is 17.5. The molecular weight excluding hydrogens is 538 g/mol. The molecule has 0 aromatic rings. The predicted molar refractivity (Wildman–Crippen MR) is 144 cm³/mol. The average molecular weight is 583 g/mol. The third kappa shape index (κ3) is 4.64. The van der Waals surface area contributed by atoms with E-state index in [0.717, 1.165) is 0 Å². The summed E-state index contributed by atoms with van der Waals surface area (Å²) >= 11 is 0. The number of allylic oxidation sites excluding steroid dienone is 4. The average Bonchev–Trinajstić information content (AvgIpc) is 3.10. The van der Waals surface area contributed by atoms with Gasteiger partial charge in [-0.1, -0.05) is 52.8 Å². The van der Waals surface area contributed by atoms with Crippen LogP contribution in [0.1, 0.15) is 92.9 Å². The second-order valence-corrected chi connectivity index (χ2v) is 12.7. The van der Waals surface area contributed by atoms with Crippen molar-refractivity contribution >= 4 is 17.9 Å². The number of ether oxygens (including phenoxy) is 3. The van der Waals surface area contributed by atoms with Crippen LogP contribution < -0.4 is 0 Å². The molecule has 8 nitrogen and oxygen atoms in total. The lowest BCUT2D eigenvalue weighted by Crippen LogP contribution is -2.70. The summed E-state index contributed by atoms with van der Waals surface area (Å²) in [7, 11) is 0. The topological polar surface area (TPSA) is 119 Å². The van der Waals surface area contributed by atoms with Crippen LogP contribution in [0.15, 0.2) is 23.8 Å². The number of esters is 3. The molecule has 0 radical (unpaired) electrons. The van der Waals surface area contributed by atoms with Gasteiger partial charge in [0.05, 0.1) is 18.1 Å². The van der Waals surface area contributed by atoms with Crippen molar-refractivity contribution in [2.45, 2.75) is 122 Å². The van der Waals surface area contributed by atoms with Gasteiger partial charge < -0.3 is 24.4 Å². The SMILES string of the molecule is CCC(=O)OC(C[C@@]1(O)C(C)C[C@H]2[C@@H]3CC(F)C4=CCC=C[C@]4(C)[C@@]3(F)C(O)C[C@@]21C)(OC(=O)CC)OC(=O)CC. The van der Waals surface area contributed by atoms with Gasteiger partial charge in [-0.25, -0.2) is 8.78 Å². The van der Waals surface area contributed by atoms with E-state index in [4.69, 9.17) is 14.2 Å². The van der Waals surface area contributed by atoms with Crippen LogP contribution in [-0.2, 0) is 28.6 Å². The van der Waals surface area contributed by atoms with Crippen LogP contribution in [0, 0.1) is 28.6 Å². The van der Waals surface area contributed by atoms with Gasteiger partial charge in [0.2, 0.25) is 0 Å². The Hall–Kier alpha value is -2.33. The van der Waals surface area contributed by atoms with Crippen molar-refractivity contribution in [3.8, 4) is 0 Å². The fraction of sp³-hybridized carbons (Fsp3) is 0.774. The third-order valence-corrected chi connectivity index (χ3v) is 10.6. The summed E-state index contributed by atoms with van der Waals surface area (Å²) in [6.45, 7) is 9.61. The van der Waals surface area contributed by atoms with E-state index >= 15 is 8.78 Å². The Morgan fingerprint density at radius 1 is 1.00 bits per heavy atom. The summed E-state index contributed by atoms with van der Waals surface area (Å²) in [5.74, 6) is -7.22. The fourth-order valence-electron chi connectivity index (χ4n) is 8.39. The first-order valence-corrected chi connectivity index (χ1v) is 14.8. The van der Waals surface area contributed by atoms with E-state index in [-0.39, 0.29) is 38.5 Å². The maximum Gasteiger partial charge on any atom is 0.426 e. The number of fused-ring (bicyclic) bond motifs is 5. The van der Waals surface area contributed by atoms with Crippen LogP contribution in [0.5, 0.6) is 0 Å². The molecule has 2 N–H and O–H groups in total. The number of alkyl halides is 2. The molecule has 0 bridgehead atoms. The zero-order valence-electron chi connectivity index (χ0n) is 24.9. The number of aliphatic hydroxyl groups excluding tert-OH is 1. The lowest BCUT2D eigenvalue weighted by Gasteiger charge is -2.63. The van der Waals surface area contributed by atoms with Gasteiger partial charge in [0, 0.05) is 36.0 Å². The van der Waals surface area contributed by atoms with Crippen LogP contribution >= 0.6 is 0 Å². The normalized spacial score (nSPS) is 41.4. The predicted octanol–water partition coefficient (Wildman–Crippen LogP) is 5.01. The molecule has 41 heavy (non-hydrogen) atoms. The number of hydrogen-bond donors (Lipinski definition) is 2. The van der Waals surface area contributed by atoms with E-state index < -0.39 is 82.4 Å². The maximum absolute atomic E-state index is 17.5. The Morgan fingerprint density at radius 3 is 2.05 bits per heavy atom. The second-order valence-electron chi connectivity index (χ2n) is 12.7. The van der Waals surface area contributed by atoms with Crippen LogP contribution in [0.25, 0.3) is 0 Å². The molecule has 9 atom stereocenters. The molecule has 3 saturated carbocycles. The van der Waals surface area contributed by atoms with Gasteiger partial charge in [0.1, 0.15) is 6.17 Å². The van der Waals surface area contributed by atoms with E-state index in [1.165, 1.54) is 20.8 Å². The highest BCUT2D eigenvalue weighted by molar-refractivity contribution is 5.73. The molecule has 3 unspecified atom stereocenters. The minimum Gasteiger partial charge on any atom is -0.390 e. The summed E-state index contributed by atoms with van der Waals surface area (Å²) < 4.78 is 49.7. The smallest absolute Gasteiger partial charge is 0.390 e. The van der Waals surface area contributed by atoms with Crippen molar-refractivity contribution in [2.75, 3.05) is 0 Å². The van der Waals surface area contributed by atoms with Crippen LogP contribution in [0.3, 0.4) is 0 Å². The van der Waals surface area contributed by atoms with E-state index in [2.05, 4.69) is 0 Å². The molecule has 0 spiro atoms. The van der Waals surface area contributed by atoms with E-state index in [1.54, 1.807) is 39.0 Å². The number of hydrogen-bond acceptors (Lipinski definition) is 8. The van der Waals surface area contributed by atoms with Gasteiger partial charge in [0.15, 0.2) is 5.67 Å². The van der Waals surface area contributed by atoms with Crippen molar-refractivity contribution in [3.63, 3.8) is 0 Å². The molecular formula is C31H44F2O8. The van der Waals surface area contributed by atoms with Crippen LogP contribution in [-0.4, -0.2) is 57.6 Å². The first kappa shape index (κ1) is 31.6. The Kier molecular flexibility index (Phi) is 8.28. The van der Waals surface area contributed by atoms with Gasteiger partial charge in [-0.2, -0.15) is 0 Å². The second kappa shape index (κ2) is 10.7. The van der Waals surface area contributed by atoms with Crippen LogP contribution in [0.2, 0.25) is 0 Å². The van der Waals surface area contributed by atoms with Gasteiger partial charge in [-0.05, 0) is 50.0 Å². The van der Waals surface area contributed by atoms with E-state index in [0.29, 0.717) is 12.0 Å². The Labute approximate surface area is 240 Å². The summed E-state index contributed by atoms with van der Waals surface area (Å²) in [5, 5.41) is 24.1. The Balaban J connectivity index is 1.81. The Morgan fingerprint density at radius 2 is 1.54 bits per heavy atom. The Bertz CT molecular complexity index is 1090. The third-order valence-electron chi connectivity index (χ3n) is 10.6. The number of aliphatic hydroxyl groups is 2. The summed E-state index contributed by atoms with van der Waals surface area (Å²) in [6, 6.07) is 0. The van der Waals surface area contributed by atoms with Crippen molar-refractivity contribution in [1.82, 2.24) is 0 Å². The monoisotopic (exact) mass is 582 g/mol. The van der Waals surface area contributed by atoms with Crippen molar-refractivity contribution in [2.24, 2.45) is 28.6 Å². The van der Waals surface area contributed by atoms with Crippen LogP contribution in [0.4, 0.5) is 8.78 Å². The lowest BCUT2D eigenvalue weighted by molar-refractivity contribution is -0.354. The molecule has 3 fully saturated rings. The molecule has 10 heteroatoms. The molecule has 0 aliphatic heterocycles. The number of carbonyl (C=O) groups excluding carboxylic acids is 3. The summed E-state index contributed by atoms with van der Waals surface area (Å²) in [6.07, 6.45) is 1.54. The molecule has 230 valence electrons. The van der Waals surface area contributed by atoms with Gasteiger partial charge in [-0.3, -0.25) is 14.4 Å². The number of carbonyl (C=O) groups is 3. The zero-order chi connectivity index (χ0) is 30.6. The zero-order valence-corrected chi connectivity index (χ0v) is 24.9. The fourth-order valence-corrected chi connectivity index (χ4v) is 8.39. The highest BCUT2D eigenvalue weighted by Gasteiger charge is 2.76. The first-order chi connectivity index (χ1) is 19.1. The molecule has 4 aliphatic rings. The number of halogens is 2. The molecule has 0 aromatic heterocycles. The van der Waals surface area contributed by atoms with Gasteiger partial charge in [0.25, 0.3) is 0 Å². The molecule has 0 amide bonds. The first-order valence-electron chi connectivity index (χ1n) is 14.8. The molecule has 4 aliphatic carbocycles. The van der Waals surface area contributed by atoms with E-state index in [9.17, 15) is 24.6 Å². The lowest BCUT2D eigenvalue weighted by atomic mass is 9.44. The molecule has 0 aromatic carbocycles. The largest absolute Gasteiger partial charge is 0.426 e. The summed E-state index contributed by atoms with van der Waals surface area (Å²) in [4.78, 5) is 37.6. The van der Waals surface area contributed by atoms with Crippen molar-refractivity contribution in [1.29, 1.82) is 0 Å².